The van der Waals surface area contributed by atoms with E-state index < -0.39 is 0 Å². The Kier molecular flexibility index (Phi) is 8.96. The van der Waals surface area contributed by atoms with Crippen LogP contribution in [0.15, 0.2) is 0 Å². The van der Waals surface area contributed by atoms with Crippen molar-refractivity contribution in [2.75, 3.05) is 20.3 Å². The molecule has 2 nitrogen and oxygen atoms in total. The Morgan fingerprint density at radius 1 is 0.938 bits per heavy atom. The molecule has 0 fully saturated rings. The highest BCUT2D eigenvalue weighted by molar-refractivity contribution is 4.73. The second kappa shape index (κ2) is 9.00. The van der Waals surface area contributed by atoms with Crippen LogP contribution < -0.4 is 5.32 Å². The minimum absolute atomic E-state index is 0.577. The SMILES string of the molecule is CNC(C)C(CCOCCC(C)C)C(C)C. The monoisotopic (exact) mass is 229 g/mol. The van der Waals surface area contributed by atoms with E-state index in [2.05, 4.69) is 39.9 Å². The van der Waals surface area contributed by atoms with E-state index in [4.69, 9.17) is 4.74 Å². The molecular formula is C14H31NO. The van der Waals surface area contributed by atoms with Gasteiger partial charge in [-0.3, -0.25) is 0 Å². The molecule has 0 heterocycles. The molecule has 0 bridgehead atoms. The van der Waals surface area contributed by atoms with Crippen molar-refractivity contribution in [3.8, 4) is 0 Å². The molecule has 98 valence electrons. The summed E-state index contributed by atoms with van der Waals surface area (Å²) < 4.78 is 5.69. The molecule has 2 unspecified atom stereocenters. The number of nitrogens with one attached hydrogen (secondary N) is 1. The Balaban J connectivity index is 3.69. The molecule has 2 atom stereocenters. The van der Waals surface area contributed by atoms with E-state index in [1.807, 2.05) is 7.05 Å². The lowest BCUT2D eigenvalue weighted by atomic mass is 9.87. The van der Waals surface area contributed by atoms with Crippen LogP contribution in [0.4, 0.5) is 0 Å². The quantitative estimate of drug-likeness (QED) is 0.612. The van der Waals surface area contributed by atoms with Gasteiger partial charge in [-0.1, -0.05) is 27.7 Å². The van der Waals surface area contributed by atoms with Crippen LogP contribution in [-0.2, 0) is 4.74 Å². The molecule has 0 saturated heterocycles. The van der Waals surface area contributed by atoms with Gasteiger partial charge in [0.2, 0.25) is 0 Å². The lowest BCUT2D eigenvalue weighted by Crippen LogP contribution is -2.34. The summed E-state index contributed by atoms with van der Waals surface area (Å²) in [5.74, 6) is 2.18. The normalized spacial score (nSPS) is 15.8. The lowest BCUT2D eigenvalue weighted by molar-refractivity contribution is 0.0980. The van der Waals surface area contributed by atoms with Gasteiger partial charge < -0.3 is 10.1 Å². The third-order valence-corrected chi connectivity index (χ3v) is 3.39. The third-order valence-electron chi connectivity index (χ3n) is 3.39. The molecule has 0 aromatic rings. The smallest absolute Gasteiger partial charge is 0.0469 e. The van der Waals surface area contributed by atoms with Crippen molar-refractivity contribution in [3.05, 3.63) is 0 Å². The minimum atomic E-state index is 0.577. The van der Waals surface area contributed by atoms with Gasteiger partial charge in [-0.2, -0.15) is 0 Å². The third kappa shape index (κ3) is 7.24. The average Bonchev–Trinajstić information content (AvgIpc) is 2.21. The molecule has 0 saturated carbocycles. The first-order valence-electron chi connectivity index (χ1n) is 6.74. The molecule has 0 radical (unpaired) electrons. The van der Waals surface area contributed by atoms with Crippen molar-refractivity contribution in [3.63, 3.8) is 0 Å². The Morgan fingerprint density at radius 3 is 1.94 bits per heavy atom. The summed E-state index contributed by atoms with van der Waals surface area (Å²) in [7, 11) is 2.04. The molecule has 0 aliphatic rings. The first kappa shape index (κ1) is 15.9. The van der Waals surface area contributed by atoms with Gasteiger partial charge in [0, 0.05) is 19.3 Å². The van der Waals surface area contributed by atoms with Crippen LogP contribution in [-0.4, -0.2) is 26.3 Å². The fourth-order valence-corrected chi connectivity index (χ4v) is 2.02. The molecule has 16 heavy (non-hydrogen) atoms. The van der Waals surface area contributed by atoms with Crippen LogP contribution in [0.3, 0.4) is 0 Å². The molecule has 0 aliphatic heterocycles. The second-order valence-corrected chi connectivity index (χ2v) is 5.57. The fourth-order valence-electron chi connectivity index (χ4n) is 2.02. The number of rotatable bonds is 9. The van der Waals surface area contributed by atoms with E-state index in [9.17, 15) is 0 Å². The highest BCUT2D eigenvalue weighted by Crippen LogP contribution is 2.19. The maximum Gasteiger partial charge on any atom is 0.0469 e. The van der Waals surface area contributed by atoms with Crippen molar-refractivity contribution in [2.45, 2.75) is 53.5 Å². The van der Waals surface area contributed by atoms with Crippen LogP contribution in [0, 0.1) is 17.8 Å². The topological polar surface area (TPSA) is 21.3 Å². The van der Waals surface area contributed by atoms with E-state index in [0.717, 1.165) is 31.5 Å². The second-order valence-electron chi connectivity index (χ2n) is 5.57. The zero-order chi connectivity index (χ0) is 12.6. The largest absolute Gasteiger partial charge is 0.381 e. The predicted octanol–water partition coefficient (Wildman–Crippen LogP) is 3.32. The van der Waals surface area contributed by atoms with Crippen LogP contribution in [0.5, 0.6) is 0 Å². The molecule has 1 N–H and O–H groups in total. The summed E-state index contributed by atoms with van der Waals surface area (Å²) in [6.07, 6.45) is 2.34. The Labute approximate surface area is 102 Å². The fraction of sp³-hybridized carbons (Fsp3) is 1.00. The molecule has 0 amide bonds. The number of hydrogen-bond donors (Lipinski definition) is 1. The first-order chi connectivity index (χ1) is 7.49. The van der Waals surface area contributed by atoms with Crippen molar-refractivity contribution >= 4 is 0 Å². The van der Waals surface area contributed by atoms with E-state index >= 15 is 0 Å². The van der Waals surface area contributed by atoms with E-state index in [1.165, 1.54) is 6.42 Å². The zero-order valence-electron chi connectivity index (χ0n) is 12.0. The van der Waals surface area contributed by atoms with E-state index in [0.29, 0.717) is 12.0 Å². The highest BCUT2D eigenvalue weighted by Gasteiger charge is 2.18. The molecule has 0 aliphatic carbocycles. The molecule has 2 heteroatoms. The van der Waals surface area contributed by atoms with Gasteiger partial charge in [-0.15, -0.1) is 0 Å². The summed E-state index contributed by atoms with van der Waals surface area (Å²) in [4.78, 5) is 0. The van der Waals surface area contributed by atoms with Gasteiger partial charge in [0.15, 0.2) is 0 Å². The van der Waals surface area contributed by atoms with E-state index in [1.54, 1.807) is 0 Å². The minimum Gasteiger partial charge on any atom is -0.381 e. The van der Waals surface area contributed by atoms with Crippen molar-refractivity contribution in [1.82, 2.24) is 5.32 Å². The van der Waals surface area contributed by atoms with Crippen LogP contribution in [0.2, 0.25) is 0 Å². The van der Waals surface area contributed by atoms with Gasteiger partial charge in [-0.25, -0.2) is 0 Å². The lowest BCUT2D eigenvalue weighted by Gasteiger charge is -2.27. The summed E-state index contributed by atoms with van der Waals surface area (Å²) >= 11 is 0. The maximum absolute atomic E-state index is 5.69. The Morgan fingerprint density at radius 2 is 1.50 bits per heavy atom. The highest BCUT2D eigenvalue weighted by atomic mass is 16.5. The predicted molar refractivity (Wildman–Crippen MR) is 71.7 cm³/mol. The average molecular weight is 229 g/mol. The van der Waals surface area contributed by atoms with Crippen molar-refractivity contribution in [1.29, 1.82) is 0 Å². The standard InChI is InChI=1S/C14H31NO/c1-11(2)7-9-16-10-8-14(12(3)4)13(5)15-6/h11-15H,7-10H2,1-6H3. The van der Waals surface area contributed by atoms with Crippen molar-refractivity contribution in [2.24, 2.45) is 17.8 Å². The first-order valence-corrected chi connectivity index (χ1v) is 6.74. The van der Waals surface area contributed by atoms with Crippen molar-refractivity contribution < 1.29 is 4.74 Å². The molecular weight excluding hydrogens is 198 g/mol. The van der Waals surface area contributed by atoms with E-state index in [-0.39, 0.29) is 0 Å². The summed E-state index contributed by atoms with van der Waals surface area (Å²) in [6.45, 7) is 13.2. The molecule has 0 aromatic carbocycles. The number of ether oxygens (including phenoxy) is 1. The van der Waals surface area contributed by atoms with Crippen LogP contribution in [0.1, 0.15) is 47.5 Å². The Hall–Kier alpha value is -0.0800. The van der Waals surface area contributed by atoms with Crippen LogP contribution >= 0.6 is 0 Å². The molecule has 0 aromatic heterocycles. The maximum atomic E-state index is 5.69. The summed E-state index contributed by atoms with van der Waals surface area (Å²) in [6, 6.07) is 0.577. The molecule has 0 rings (SSSR count). The van der Waals surface area contributed by atoms with Gasteiger partial charge in [0.1, 0.15) is 0 Å². The van der Waals surface area contributed by atoms with Gasteiger partial charge in [0.05, 0.1) is 0 Å². The molecule has 0 spiro atoms. The summed E-state index contributed by atoms with van der Waals surface area (Å²) in [5, 5.41) is 3.35. The van der Waals surface area contributed by atoms with Gasteiger partial charge in [-0.05, 0) is 44.6 Å². The summed E-state index contributed by atoms with van der Waals surface area (Å²) in [5.41, 5.74) is 0. The number of hydrogen-bond acceptors (Lipinski definition) is 2. The zero-order valence-corrected chi connectivity index (χ0v) is 12.0. The van der Waals surface area contributed by atoms with Gasteiger partial charge >= 0.3 is 0 Å². The van der Waals surface area contributed by atoms with Gasteiger partial charge in [0.25, 0.3) is 0 Å². The Bertz CT molecular complexity index is 157. The van der Waals surface area contributed by atoms with Crippen LogP contribution in [0.25, 0.3) is 0 Å².